The lowest BCUT2D eigenvalue weighted by Gasteiger charge is -2.20. The minimum absolute atomic E-state index is 0. The summed E-state index contributed by atoms with van der Waals surface area (Å²) in [6.45, 7) is 1.36. The van der Waals surface area contributed by atoms with Gasteiger partial charge in [0, 0.05) is 30.7 Å². The number of nitrogens with two attached hydrogens (primary N) is 1. The molecule has 29 heavy (non-hydrogen) atoms. The van der Waals surface area contributed by atoms with Gasteiger partial charge in [0.1, 0.15) is 11.9 Å². The van der Waals surface area contributed by atoms with Gasteiger partial charge in [-0.15, -0.1) is 24.8 Å². The number of carbonyl (C=O) groups excluding carboxylic acids is 1. The zero-order chi connectivity index (χ0) is 19.0. The van der Waals surface area contributed by atoms with Gasteiger partial charge in [0.2, 0.25) is 0 Å². The molecule has 0 amide bonds. The van der Waals surface area contributed by atoms with E-state index >= 15 is 0 Å². The highest BCUT2D eigenvalue weighted by atomic mass is 35.5. The number of aryl methyl sites for hydroxylation is 2. The Hall–Kier alpha value is -2.33. The summed E-state index contributed by atoms with van der Waals surface area (Å²) < 4.78 is 4.75. The molecule has 2 atom stereocenters. The predicted molar refractivity (Wildman–Crippen MR) is 116 cm³/mol. The summed E-state index contributed by atoms with van der Waals surface area (Å²) in [5.41, 5.74) is 11.0. The van der Waals surface area contributed by atoms with Crippen LogP contribution in [0.2, 0.25) is 0 Å². The topological polar surface area (TPSA) is 92.2 Å². The van der Waals surface area contributed by atoms with E-state index in [1.807, 2.05) is 18.2 Å². The summed E-state index contributed by atoms with van der Waals surface area (Å²) in [5, 5.41) is 9.57. The van der Waals surface area contributed by atoms with Crippen molar-refractivity contribution in [1.29, 1.82) is 5.26 Å². The standard InChI is InChI=1S/C21H22N4O2.2ClH/c1-27-21(26)14-7-5-13(6-8-14)17-11-25(12-18(17)23)20-16(10-22)9-15-3-2-4-19(15)24-20;;/h5-9,17-18H,2-4,11-12,23H2,1H3;2*1H/t17-,18+;;/m0../s1. The number of benzene rings is 1. The van der Waals surface area contributed by atoms with Gasteiger partial charge in [-0.1, -0.05) is 12.1 Å². The van der Waals surface area contributed by atoms with E-state index in [1.54, 1.807) is 12.1 Å². The van der Waals surface area contributed by atoms with E-state index in [4.69, 9.17) is 15.5 Å². The fourth-order valence-electron chi connectivity index (χ4n) is 4.12. The predicted octanol–water partition coefficient (Wildman–Crippen LogP) is 3.00. The van der Waals surface area contributed by atoms with Crippen LogP contribution in [0.1, 0.15) is 45.1 Å². The first kappa shape index (κ1) is 23.0. The molecule has 1 aromatic carbocycles. The van der Waals surface area contributed by atoms with E-state index in [9.17, 15) is 10.1 Å². The number of esters is 1. The average Bonchev–Trinajstić information content (AvgIpc) is 3.32. The second-order valence-corrected chi connectivity index (χ2v) is 7.22. The molecule has 154 valence electrons. The molecule has 8 heteroatoms. The number of rotatable bonds is 3. The Morgan fingerprint density at radius 3 is 2.62 bits per heavy atom. The Kier molecular flexibility index (Phi) is 7.48. The van der Waals surface area contributed by atoms with Crippen molar-refractivity contribution >= 4 is 36.6 Å². The Balaban J connectivity index is 0.00000150. The molecule has 1 aromatic heterocycles. The largest absolute Gasteiger partial charge is 0.465 e. The van der Waals surface area contributed by atoms with Crippen LogP contribution in [-0.4, -0.2) is 37.2 Å². The molecule has 0 saturated carbocycles. The van der Waals surface area contributed by atoms with Crippen LogP contribution in [0.4, 0.5) is 5.82 Å². The molecule has 0 spiro atoms. The normalized spacial score (nSPS) is 19.6. The van der Waals surface area contributed by atoms with E-state index in [2.05, 4.69) is 11.0 Å². The van der Waals surface area contributed by atoms with Crippen molar-refractivity contribution in [1.82, 2.24) is 4.98 Å². The van der Waals surface area contributed by atoms with Crippen LogP contribution in [0.25, 0.3) is 0 Å². The third kappa shape index (κ3) is 4.32. The number of fused-ring (bicyclic) bond motifs is 1. The molecule has 2 aliphatic rings. The number of nitrogens with zero attached hydrogens (tertiary/aromatic N) is 3. The minimum Gasteiger partial charge on any atom is -0.465 e. The molecule has 2 heterocycles. The van der Waals surface area contributed by atoms with E-state index in [-0.39, 0.29) is 42.7 Å². The fraction of sp³-hybridized carbons (Fsp3) is 0.381. The summed E-state index contributed by atoms with van der Waals surface area (Å²) in [6.07, 6.45) is 3.09. The first-order valence-corrected chi connectivity index (χ1v) is 9.22. The monoisotopic (exact) mass is 434 g/mol. The number of nitriles is 1. The zero-order valence-electron chi connectivity index (χ0n) is 16.1. The second kappa shape index (κ2) is 9.45. The number of halogens is 2. The molecular weight excluding hydrogens is 411 g/mol. The maximum Gasteiger partial charge on any atom is 0.337 e. The van der Waals surface area contributed by atoms with Gasteiger partial charge >= 0.3 is 5.97 Å². The molecule has 1 fully saturated rings. The summed E-state index contributed by atoms with van der Waals surface area (Å²) >= 11 is 0. The van der Waals surface area contributed by atoms with Gasteiger partial charge in [-0.3, -0.25) is 0 Å². The number of ether oxygens (including phenoxy) is 1. The summed E-state index contributed by atoms with van der Waals surface area (Å²) in [6, 6.07) is 11.6. The van der Waals surface area contributed by atoms with E-state index < -0.39 is 0 Å². The first-order chi connectivity index (χ1) is 13.1. The van der Waals surface area contributed by atoms with Gasteiger partial charge < -0.3 is 15.4 Å². The van der Waals surface area contributed by atoms with Crippen molar-refractivity contribution in [2.45, 2.75) is 31.2 Å². The number of methoxy groups -OCH3 is 1. The minimum atomic E-state index is -0.347. The fourth-order valence-corrected chi connectivity index (χ4v) is 4.12. The first-order valence-electron chi connectivity index (χ1n) is 9.22. The average molecular weight is 435 g/mol. The molecule has 4 rings (SSSR count). The maximum absolute atomic E-state index is 11.6. The smallest absolute Gasteiger partial charge is 0.337 e. The van der Waals surface area contributed by atoms with Gasteiger partial charge in [-0.2, -0.15) is 5.26 Å². The van der Waals surface area contributed by atoms with Crippen LogP contribution < -0.4 is 10.6 Å². The van der Waals surface area contributed by atoms with Crippen molar-refractivity contribution in [2.24, 2.45) is 5.73 Å². The Morgan fingerprint density at radius 2 is 1.97 bits per heavy atom. The van der Waals surface area contributed by atoms with Crippen LogP contribution in [0.5, 0.6) is 0 Å². The Morgan fingerprint density at radius 1 is 1.24 bits per heavy atom. The summed E-state index contributed by atoms with van der Waals surface area (Å²) in [7, 11) is 1.37. The van der Waals surface area contributed by atoms with Gasteiger partial charge in [-0.05, 0) is 48.6 Å². The van der Waals surface area contributed by atoms with Crippen LogP contribution in [0, 0.1) is 11.3 Å². The third-order valence-electron chi connectivity index (χ3n) is 5.58. The molecule has 0 bridgehead atoms. The molecule has 1 aliphatic carbocycles. The summed E-state index contributed by atoms with van der Waals surface area (Å²) in [4.78, 5) is 18.5. The molecule has 0 unspecified atom stereocenters. The number of hydrogen-bond donors (Lipinski definition) is 1. The number of hydrogen-bond acceptors (Lipinski definition) is 6. The maximum atomic E-state index is 11.6. The highest BCUT2D eigenvalue weighted by molar-refractivity contribution is 5.89. The lowest BCUT2D eigenvalue weighted by molar-refractivity contribution is 0.0600. The van der Waals surface area contributed by atoms with Crippen molar-refractivity contribution in [3.63, 3.8) is 0 Å². The molecule has 0 radical (unpaired) electrons. The van der Waals surface area contributed by atoms with E-state index in [0.717, 1.165) is 36.3 Å². The van der Waals surface area contributed by atoms with Crippen molar-refractivity contribution < 1.29 is 9.53 Å². The molecular formula is C21H24Cl2N4O2. The highest BCUT2D eigenvalue weighted by Gasteiger charge is 2.34. The number of anilines is 1. The quantitative estimate of drug-likeness (QED) is 0.746. The van der Waals surface area contributed by atoms with E-state index in [0.29, 0.717) is 24.2 Å². The van der Waals surface area contributed by atoms with Gasteiger partial charge in [0.25, 0.3) is 0 Å². The Bertz CT molecular complexity index is 928. The van der Waals surface area contributed by atoms with Crippen molar-refractivity contribution in [2.75, 3.05) is 25.1 Å². The Labute approximate surface area is 182 Å². The van der Waals surface area contributed by atoms with Crippen LogP contribution in [0.15, 0.2) is 30.3 Å². The molecule has 2 N–H and O–H groups in total. The summed E-state index contributed by atoms with van der Waals surface area (Å²) in [5.74, 6) is 0.528. The van der Waals surface area contributed by atoms with Crippen LogP contribution >= 0.6 is 24.8 Å². The van der Waals surface area contributed by atoms with Crippen molar-refractivity contribution in [3.8, 4) is 6.07 Å². The molecule has 1 saturated heterocycles. The molecule has 1 aliphatic heterocycles. The third-order valence-corrected chi connectivity index (χ3v) is 5.58. The lowest BCUT2D eigenvalue weighted by atomic mass is 9.94. The van der Waals surface area contributed by atoms with Gasteiger partial charge in [0.05, 0.1) is 18.2 Å². The number of carbonyl (C=O) groups is 1. The zero-order valence-corrected chi connectivity index (χ0v) is 17.8. The van der Waals surface area contributed by atoms with Crippen LogP contribution in [0.3, 0.4) is 0 Å². The highest BCUT2D eigenvalue weighted by Crippen LogP contribution is 2.33. The van der Waals surface area contributed by atoms with Gasteiger partial charge in [0.15, 0.2) is 0 Å². The number of aromatic nitrogens is 1. The lowest BCUT2D eigenvalue weighted by Crippen LogP contribution is -2.29. The van der Waals surface area contributed by atoms with E-state index in [1.165, 1.54) is 12.7 Å². The SMILES string of the molecule is COC(=O)c1ccc([C@@H]2CN(c3nc4c(cc3C#N)CCC4)C[C@H]2N)cc1.Cl.Cl. The molecule has 6 nitrogen and oxygen atoms in total. The second-order valence-electron chi connectivity index (χ2n) is 7.22. The van der Waals surface area contributed by atoms with Crippen molar-refractivity contribution in [3.05, 3.63) is 58.3 Å². The molecule has 2 aromatic rings. The van der Waals surface area contributed by atoms with Gasteiger partial charge in [-0.25, -0.2) is 9.78 Å². The number of pyridine rings is 1. The van der Waals surface area contributed by atoms with Crippen LogP contribution in [-0.2, 0) is 17.6 Å².